The average Bonchev–Trinajstić information content (AvgIpc) is 3.16. The van der Waals surface area contributed by atoms with Crippen LogP contribution in [0.1, 0.15) is 63.5 Å². The van der Waals surface area contributed by atoms with Gasteiger partial charge in [-0.1, -0.05) is 56.2 Å². The van der Waals surface area contributed by atoms with Gasteiger partial charge in [0.05, 0.1) is 23.0 Å². The Hall–Kier alpha value is -2.72. The third-order valence-electron chi connectivity index (χ3n) is 6.86. The van der Waals surface area contributed by atoms with E-state index in [0.29, 0.717) is 65.3 Å². The summed E-state index contributed by atoms with van der Waals surface area (Å²) in [4.78, 5) is 48.2. The van der Waals surface area contributed by atoms with Gasteiger partial charge in [-0.25, -0.2) is 4.98 Å². The number of esters is 1. The summed E-state index contributed by atoms with van der Waals surface area (Å²) in [6, 6.07) is 3.73. The molecule has 2 saturated heterocycles. The molecule has 37 heavy (non-hydrogen) atoms. The highest BCUT2D eigenvalue weighted by Crippen LogP contribution is 2.34. The van der Waals surface area contributed by atoms with E-state index in [1.54, 1.807) is 17.2 Å². The van der Waals surface area contributed by atoms with Crippen molar-refractivity contribution in [1.29, 1.82) is 0 Å². The lowest BCUT2D eigenvalue weighted by molar-refractivity contribution is -0.148. The van der Waals surface area contributed by atoms with E-state index in [-0.39, 0.29) is 23.4 Å². The largest absolute Gasteiger partial charge is 0.466 e. The van der Waals surface area contributed by atoms with Crippen molar-refractivity contribution in [2.45, 2.75) is 59.3 Å². The van der Waals surface area contributed by atoms with Crippen molar-refractivity contribution in [3.8, 4) is 0 Å². The predicted octanol–water partition coefficient (Wildman–Crippen LogP) is 4.56. The molecule has 0 radical (unpaired) electrons. The zero-order chi connectivity index (χ0) is 26.5. The summed E-state index contributed by atoms with van der Waals surface area (Å²) in [5, 5.41) is 0. The molecule has 1 amide bonds. The molecule has 8 nitrogen and oxygen atoms in total. The number of amides is 1. The lowest BCUT2D eigenvalue weighted by atomic mass is 9.96. The van der Waals surface area contributed by atoms with E-state index < -0.39 is 0 Å². The number of aryl methyl sites for hydroxylation is 1. The number of piperidine rings is 1. The molecule has 2 aromatic rings. The highest BCUT2D eigenvalue weighted by molar-refractivity contribution is 8.26. The van der Waals surface area contributed by atoms with Gasteiger partial charge in [0.2, 0.25) is 0 Å². The molecule has 0 N–H and O–H groups in total. The first kappa shape index (κ1) is 27.3. The SMILES string of the molecule is CCCCCCN1C(=O)C(=Cc2c(N3CCC(C(=O)OCC)CC3)nc3c(C)cccn3c2=O)SC1=S. The summed E-state index contributed by atoms with van der Waals surface area (Å²) in [5.74, 6) is 0.0429. The summed E-state index contributed by atoms with van der Waals surface area (Å²) in [5.41, 5.74) is 1.59. The van der Waals surface area contributed by atoms with Gasteiger partial charge in [0, 0.05) is 25.8 Å². The van der Waals surface area contributed by atoms with E-state index in [2.05, 4.69) is 6.92 Å². The van der Waals surface area contributed by atoms with Crippen LogP contribution in [0.5, 0.6) is 0 Å². The van der Waals surface area contributed by atoms with Gasteiger partial charge in [0.25, 0.3) is 11.5 Å². The normalized spacial score (nSPS) is 17.9. The molecule has 2 fully saturated rings. The molecular weight excluding hydrogens is 508 g/mol. The number of carbonyl (C=O) groups is 2. The molecule has 4 heterocycles. The van der Waals surface area contributed by atoms with Crippen LogP contribution in [0.15, 0.2) is 28.0 Å². The maximum atomic E-state index is 13.7. The third-order valence-corrected chi connectivity index (χ3v) is 8.24. The number of aromatic nitrogens is 2. The van der Waals surface area contributed by atoms with Crippen LogP contribution in [0.25, 0.3) is 11.7 Å². The van der Waals surface area contributed by atoms with Gasteiger partial charge < -0.3 is 9.64 Å². The number of nitrogens with zero attached hydrogens (tertiary/aromatic N) is 4. The maximum absolute atomic E-state index is 13.7. The number of thiocarbonyl (C=S) groups is 1. The Morgan fingerprint density at radius 1 is 1.22 bits per heavy atom. The summed E-state index contributed by atoms with van der Waals surface area (Å²) in [6.45, 7) is 7.96. The van der Waals surface area contributed by atoms with Gasteiger partial charge in [0.15, 0.2) is 0 Å². The fraction of sp³-hybridized carbons (Fsp3) is 0.519. The second kappa shape index (κ2) is 12.2. The first-order valence-corrected chi connectivity index (χ1v) is 14.3. The number of pyridine rings is 1. The van der Waals surface area contributed by atoms with Crippen molar-refractivity contribution in [3.63, 3.8) is 0 Å². The molecule has 198 valence electrons. The summed E-state index contributed by atoms with van der Waals surface area (Å²) < 4.78 is 7.26. The smallest absolute Gasteiger partial charge is 0.309 e. The molecule has 0 unspecified atom stereocenters. The Kier molecular flexibility index (Phi) is 9.02. The van der Waals surface area contributed by atoms with Gasteiger partial charge in [-0.3, -0.25) is 23.7 Å². The van der Waals surface area contributed by atoms with Gasteiger partial charge in [0.1, 0.15) is 15.8 Å². The van der Waals surface area contributed by atoms with Gasteiger partial charge in [-0.15, -0.1) is 0 Å². The molecule has 2 aliphatic heterocycles. The van der Waals surface area contributed by atoms with E-state index in [1.807, 2.05) is 30.9 Å². The molecule has 0 spiro atoms. The Labute approximate surface area is 227 Å². The number of fused-ring (bicyclic) bond motifs is 1. The van der Waals surface area contributed by atoms with Crippen molar-refractivity contribution in [2.75, 3.05) is 31.1 Å². The molecule has 0 aliphatic carbocycles. The van der Waals surface area contributed by atoms with Gasteiger partial charge in [-0.2, -0.15) is 0 Å². The van der Waals surface area contributed by atoms with Crippen LogP contribution in [0.4, 0.5) is 5.82 Å². The molecule has 10 heteroatoms. The Bertz CT molecular complexity index is 1280. The molecular formula is C27H34N4O4S2. The Morgan fingerprint density at radius 3 is 2.68 bits per heavy atom. The Balaban J connectivity index is 1.68. The lowest BCUT2D eigenvalue weighted by Gasteiger charge is -2.32. The van der Waals surface area contributed by atoms with Crippen LogP contribution >= 0.6 is 24.0 Å². The lowest BCUT2D eigenvalue weighted by Crippen LogP contribution is -2.39. The summed E-state index contributed by atoms with van der Waals surface area (Å²) >= 11 is 6.74. The number of unbranched alkanes of at least 4 members (excludes halogenated alkanes) is 3. The quantitative estimate of drug-likeness (QED) is 0.197. The van der Waals surface area contributed by atoms with E-state index >= 15 is 0 Å². The molecule has 2 aliphatic rings. The third kappa shape index (κ3) is 5.90. The number of rotatable bonds is 9. The minimum atomic E-state index is -0.232. The molecule has 0 aromatic carbocycles. The van der Waals surface area contributed by atoms with Gasteiger partial charge >= 0.3 is 5.97 Å². The fourth-order valence-electron chi connectivity index (χ4n) is 4.78. The van der Waals surface area contributed by atoms with E-state index in [1.165, 1.54) is 16.2 Å². The average molecular weight is 543 g/mol. The van der Waals surface area contributed by atoms with Crippen molar-refractivity contribution < 1.29 is 14.3 Å². The van der Waals surface area contributed by atoms with E-state index in [9.17, 15) is 14.4 Å². The predicted molar refractivity (Wildman–Crippen MR) is 152 cm³/mol. The second-order valence-electron chi connectivity index (χ2n) is 9.45. The van der Waals surface area contributed by atoms with Crippen LogP contribution in [-0.2, 0) is 14.3 Å². The molecule has 0 atom stereocenters. The van der Waals surface area contributed by atoms with Crippen LogP contribution < -0.4 is 10.5 Å². The molecule has 0 bridgehead atoms. The molecule has 2 aromatic heterocycles. The van der Waals surface area contributed by atoms with Crippen LogP contribution in [0.3, 0.4) is 0 Å². The summed E-state index contributed by atoms with van der Waals surface area (Å²) in [6.07, 6.45) is 8.78. The number of hydrogen-bond donors (Lipinski definition) is 0. The molecule has 0 saturated carbocycles. The number of thioether (sulfide) groups is 1. The molecule has 4 rings (SSSR count). The van der Waals surface area contributed by atoms with E-state index in [4.69, 9.17) is 21.9 Å². The van der Waals surface area contributed by atoms with Crippen LogP contribution in [0.2, 0.25) is 0 Å². The second-order valence-corrected chi connectivity index (χ2v) is 11.1. The topological polar surface area (TPSA) is 84.2 Å². The Morgan fingerprint density at radius 2 is 1.97 bits per heavy atom. The van der Waals surface area contributed by atoms with E-state index in [0.717, 1.165) is 31.2 Å². The minimum Gasteiger partial charge on any atom is -0.466 e. The number of anilines is 1. The maximum Gasteiger partial charge on any atom is 0.309 e. The monoisotopic (exact) mass is 542 g/mol. The zero-order valence-corrected chi connectivity index (χ0v) is 23.3. The number of hydrogen-bond acceptors (Lipinski definition) is 8. The first-order chi connectivity index (χ1) is 17.8. The number of carbonyl (C=O) groups excluding carboxylic acids is 2. The van der Waals surface area contributed by atoms with Crippen molar-refractivity contribution >= 4 is 57.7 Å². The highest BCUT2D eigenvalue weighted by Gasteiger charge is 2.33. The minimum absolute atomic E-state index is 0.160. The van der Waals surface area contributed by atoms with Crippen molar-refractivity contribution in [3.05, 3.63) is 44.7 Å². The van der Waals surface area contributed by atoms with Crippen LogP contribution in [-0.4, -0.2) is 56.7 Å². The van der Waals surface area contributed by atoms with Gasteiger partial charge in [-0.05, 0) is 50.8 Å². The highest BCUT2D eigenvalue weighted by atomic mass is 32.2. The zero-order valence-electron chi connectivity index (χ0n) is 21.7. The number of ether oxygens (including phenoxy) is 1. The van der Waals surface area contributed by atoms with Crippen LogP contribution in [0, 0.1) is 12.8 Å². The summed E-state index contributed by atoms with van der Waals surface area (Å²) in [7, 11) is 0. The first-order valence-electron chi connectivity index (χ1n) is 13.0. The standard InChI is InChI=1S/C27H34N4O4S2/c1-4-6-7-8-13-31-25(33)21(37-27(31)36)17-20-23(28-22-18(3)10-9-14-30(22)24(20)32)29-15-11-19(12-16-29)26(34)35-5-2/h9-10,14,17,19H,4-8,11-13,15-16H2,1-3H3. The van der Waals surface area contributed by atoms with Crippen molar-refractivity contribution in [1.82, 2.24) is 14.3 Å². The van der Waals surface area contributed by atoms with Crippen molar-refractivity contribution in [2.24, 2.45) is 5.92 Å². The fourth-order valence-corrected chi connectivity index (χ4v) is 6.07.